The van der Waals surface area contributed by atoms with Gasteiger partial charge in [-0.3, -0.25) is 10.1 Å². The predicted octanol–water partition coefficient (Wildman–Crippen LogP) is 4.54. The fraction of sp³-hybridized carbons (Fsp3) is 0.118. The number of halogens is 1. The topological polar surface area (TPSA) is 106 Å². The van der Waals surface area contributed by atoms with E-state index in [9.17, 15) is 10.1 Å². The maximum Gasteiger partial charge on any atom is 0.353 e. The van der Waals surface area contributed by atoms with Crippen molar-refractivity contribution in [2.45, 2.75) is 13.8 Å². The van der Waals surface area contributed by atoms with Gasteiger partial charge >= 0.3 is 5.69 Å². The Labute approximate surface area is 154 Å². The van der Waals surface area contributed by atoms with Crippen molar-refractivity contribution in [1.29, 1.82) is 0 Å². The summed E-state index contributed by atoms with van der Waals surface area (Å²) in [6, 6.07) is 8.83. The molecule has 0 radical (unpaired) electrons. The normalized spacial score (nSPS) is 10.4. The zero-order valence-electron chi connectivity index (χ0n) is 14.0. The summed E-state index contributed by atoms with van der Waals surface area (Å²) >= 11 is 6.01. The number of hydrogen-bond acceptors (Lipinski definition) is 7. The Morgan fingerprint density at radius 1 is 1.04 bits per heavy atom. The molecule has 1 aromatic carbocycles. The second kappa shape index (κ2) is 7.32. The fourth-order valence-corrected chi connectivity index (χ4v) is 2.49. The van der Waals surface area contributed by atoms with Gasteiger partial charge in [0, 0.05) is 16.9 Å². The number of rotatable bonds is 5. The predicted molar refractivity (Wildman–Crippen MR) is 100 cm³/mol. The van der Waals surface area contributed by atoms with Crippen molar-refractivity contribution in [3.8, 4) is 0 Å². The van der Waals surface area contributed by atoms with E-state index in [-0.39, 0.29) is 17.3 Å². The highest BCUT2D eigenvalue weighted by atomic mass is 35.5. The molecule has 0 aliphatic rings. The Balaban J connectivity index is 2.01. The number of hydrogen-bond donors (Lipinski definition) is 2. The third kappa shape index (κ3) is 3.86. The first-order valence-electron chi connectivity index (χ1n) is 7.66. The van der Waals surface area contributed by atoms with E-state index in [1.54, 1.807) is 24.4 Å². The Morgan fingerprint density at radius 2 is 1.77 bits per heavy atom. The van der Waals surface area contributed by atoms with Crippen LogP contribution < -0.4 is 10.6 Å². The van der Waals surface area contributed by atoms with Crippen LogP contribution in [-0.2, 0) is 0 Å². The molecule has 3 aromatic rings. The largest absolute Gasteiger partial charge is 0.353 e. The number of aryl methyl sites for hydroxylation is 2. The molecule has 26 heavy (non-hydrogen) atoms. The van der Waals surface area contributed by atoms with Crippen molar-refractivity contribution in [2.24, 2.45) is 0 Å². The second-order valence-corrected chi connectivity index (χ2v) is 6.04. The molecule has 0 amide bonds. The number of benzene rings is 1. The lowest BCUT2D eigenvalue weighted by Crippen LogP contribution is -2.06. The van der Waals surface area contributed by atoms with Crippen LogP contribution in [0.3, 0.4) is 0 Å². The first-order valence-corrected chi connectivity index (χ1v) is 8.04. The van der Waals surface area contributed by atoms with E-state index in [0.29, 0.717) is 16.5 Å². The van der Waals surface area contributed by atoms with Crippen LogP contribution in [0.4, 0.5) is 28.8 Å². The molecule has 0 aliphatic heterocycles. The first kappa shape index (κ1) is 17.6. The summed E-state index contributed by atoms with van der Waals surface area (Å²) in [4.78, 5) is 23.3. The zero-order valence-corrected chi connectivity index (χ0v) is 14.8. The summed E-state index contributed by atoms with van der Waals surface area (Å²) in [5.41, 5.74) is 2.18. The molecular formula is C17H15ClN6O2. The quantitative estimate of drug-likeness (QED) is 0.501. The van der Waals surface area contributed by atoms with Crippen molar-refractivity contribution in [3.05, 3.63) is 69.1 Å². The average Bonchev–Trinajstić information content (AvgIpc) is 2.58. The number of nitrogens with zero attached hydrogens (tertiary/aromatic N) is 4. The monoisotopic (exact) mass is 370 g/mol. The molecule has 0 spiro atoms. The fourth-order valence-electron chi connectivity index (χ4n) is 2.32. The summed E-state index contributed by atoms with van der Waals surface area (Å²) in [5.74, 6) is 0.562. The van der Waals surface area contributed by atoms with Gasteiger partial charge in [-0.2, -0.15) is 0 Å². The molecule has 2 aromatic heterocycles. The van der Waals surface area contributed by atoms with Gasteiger partial charge in [0.1, 0.15) is 12.1 Å². The molecule has 2 heterocycles. The number of aromatic nitrogens is 3. The van der Waals surface area contributed by atoms with E-state index >= 15 is 0 Å². The highest BCUT2D eigenvalue weighted by Crippen LogP contribution is 2.34. The van der Waals surface area contributed by atoms with Gasteiger partial charge in [0.2, 0.25) is 11.6 Å². The molecule has 2 N–H and O–H groups in total. The van der Waals surface area contributed by atoms with Gasteiger partial charge in [0.15, 0.2) is 0 Å². The summed E-state index contributed by atoms with van der Waals surface area (Å²) in [6.07, 6.45) is 2.85. The molecule has 3 rings (SSSR count). The van der Waals surface area contributed by atoms with E-state index in [2.05, 4.69) is 25.6 Å². The van der Waals surface area contributed by atoms with Gasteiger partial charge in [0.05, 0.1) is 4.92 Å². The SMILES string of the molecule is Cc1ccnc(Nc2ncnc(Nc3cc(Cl)ccc3C)c2[N+](=O)[O-])c1. The number of nitrogens with one attached hydrogen (secondary N) is 2. The summed E-state index contributed by atoms with van der Waals surface area (Å²) < 4.78 is 0. The van der Waals surface area contributed by atoms with Crippen molar-refractivity contribution < 1.29 is 4.92 Å². The molecule has 8 nitrogen and oxygen atoms in total. The number of nitro groups is 1. The van der Waals surface area contributed by atoms with Crippen molar-refractivity contribution in [2.75, 3.05) is 10.6 Å². The smallest absolute Gasteiger partial charge is 0.334 e. The maximum absolute atomic E-state index is 11.6. The van der Waals surface area contributed by atoms with E-state index < -0.39 is 4.92 Å². The Morgan fingerprint density at radius 3 is 2.46 bits per heavy atom. The van der Waals surface area contributed by atoms with Crippen LogP contribution in [0.15, 0.2) is 42.9 Å². The Hall–Kier alpha value is -3.26. The summed E-state index contributed by atoms with van der Waals surface area (Å²) in [5, 5.41) is 18.0. The van der Waals surface area contributed by atoms with Gasteiger partial charge in [-0.05, 0) is 49.2 Å². The van der Waals surface area contributed by atoms with Crippen LogP contribution in [0.2, 0.25) is 5.02 Å². The summed E-state index contributed by atoms with van der Waals surface area (Å²) in [7, 11) is 0. The van der Waals surface area contributed by atoms with Gasteiger partial charge in [-0.15, -0.1) is 0 Å². The molecule has 0 saturated heterocycles. The minimum Gasteiger partial charge on any atom is -0.334 e. The molecule has 0 fully saturated rings. The lowest BCUT2D eigenvalue weighted by Gasteiger charge is -2.11. The van der Waals surface area contributed by atoms with Gasteiger partial charge < -0.3 is 10.6 Å². The van der Waals surface area contributed by atoms with Gasteiger partial charge in [-0.25, -0.2) is 15.0 Å². The number of pyridine rings is 1. The van der Waals surface area contributed by atoms with Gasteiger partial charge in [0.25, 0.3) is 0 Å². The maximum atomic E-state index is 11.6. The van der Waals surface area contributed by atoms with E-state index in [1.807, 2.05) is 26.0 Å². The molecular weight excluding hydrogens is 356 g/mol. The van der Waals surface area contributed by atoms with Crippen LogP contribution in [0, 0.1) is 24.0 Å². The minimum absolute atomic E-state index is 0.0466. The van der Waals surface area contributed by atoms with E-state index in [0.717, 1.165) is 11.1 Å². The second-order valence-electron chi connectivity index (χ2n) is 5.60. The molecule has 0 atom stereocenters. The Bertz CT molecular complexity index is 979. The number of anilines is 4. The highest BCUT2D eigenvalue weighted by Gasteiger charge is 2.24. The van der Waals surface area contributed by atoms with Gasteiger partial charge in [-0.1, -0.05) is 17.7 Å². The standard InChI is InChI=1S/C17H15ClN6O2/c1-10-5-6-19-14(7-10)23-17-15(24(25)26)16(20-9-21-17)22-13-8-12(18)4-3-11(13)2/h3-9H,1-2H3,(H2,19,20,21,22,23). The first-order chi connectivity index (χ1) is 12.4. The van der Waals surface area contributed by atoms with Crippen LogP contribution in [0.5, 0.6) is 0 Å². The third-order valence-electron chi connectivity index (χ3n) is 3.62. The highest BCUT2D eigenvalue weighted by molar-refractivity contribution is 6.30. The van der Waals surface area contributed by atoms with Crippen LogP contribution in [0.1, 0.15) is 11.1 Å². The van der Waals surface area contributed by atoms with E-state index in [1.165, 1.54) is 6.33 Å². The minimum atomic E-state index is -0.541. The van der Waals surface area contributed by atoms with Crippen LogP contribution in [-0.4, -0.2) is 19.9 Å². The third-order valence-corrected chi connectivity index (χ3v) is 3.85. The summed E-state index contributed by atoms with van der Waals surface area (Å²) in [6.45, 7) is 3.76. The molecule has 0 aliphatic carbocycles. The molecule has 0 bridgehead atoms. The van der Waals surface area contributed by atoms with Crippen molar-refractivity contribution in [1.82, 2.24) is 15.0 Å². The molecule has 0 saturated carbocycles. The molecule has 132 valence electrons. The lowest BCUT2D eigenvalue weighted by molar-refractivity contribution is -0.383. The Kier molecular flexibility index (Phi) is 4.94. The van der Waals surface area contributed by atoms with Crippen molar-refractivity contribution in [3.63, 3.8) is 0 Å². The average molecular weight is 371 g/mol. The van der Waals surface area contributed by atoms with Crippen molar-refractivity contribution >= 4 is 40.4 Å². The lowest BCUT2D eigenvalue weighted by atomic mass is 10.2. The zero-order chi connectivity index (χ0) is 18.7. The molecule has 0 unspecified atom stereocenters. The van der Waals surface area contributed by atoms with Crippen LogP contribution >= 0.6 is 11.6 Å². The van der Waals surface area contributed by atoms with Crippen LogP contribution in [0.25, 0.3) is 0 Å². The van der Waals surface area contributed by atoms with E-state index in [4.69, 9.17) is 11.6 Å². The molecule has 9 heteroatoms.